The molecule has 1 aromatic rings. The summed E-state index contributed by atoms with van der Waals surface area (Å²) in [6.45, 7) is 0.798. The summed E-state index contributed by atoms with van der Waals surface area (Å²) in [5.74, 6) is 0. The maximum absolute atomic E-state index is 12.5. The number of amides is 1. The second-order valence-electron chi connectivity index (χ2n) is 3.97. The second kappa shape index (κ2) is 6.42. The van der Waals surface area contributed by atoms with Gasteiger partial charge in [-0.1, -0.05) is 30.3 Å². The minimum absolute atomic E-state index is 0.142. The smallest absolute Gasteiger partial charge is 0.411 e. The van der Waals surface area contributed by atoms with Crippen LogP contribution in [-0.2, 0) is 11.3 Å². The molecule has 1 aromatic carbocycles. The van der Waals surface area contributed by atoms with Gasteiger partial charge in [-0.3, -0.25) is 0 Å². The van der Waals surface area contributed by atoms with Gasteiger partial charge in [-0.2, -0.15) is 13.2 Å². The summed E-state index contributed by atoms with van der Waals surface area (Å²) in [7, 11) is 0. The molecule has 0 aliphatic heterocycles. The number of hydrogen-bond acceptors (Lipinski definition) is 3. The molecule has 0 radical (unpaired) electrons. The van der Waals surface area contributed by atoms with Crippen LogP contribution >= 0.6 is 0 Å². The Labute approximate surface area is 108 Å². The lowest BCUT2D eigenvalue weighted by Crippen LogP contribution is -2.51. The Kier molecular flexibility index (Phi) is 5.17. The van der Waals surface area contributed by atoms with E-state index >= 15 is 0 Å². The molecule has 0 saturated carbocycles. The largest absolute Gasteiger partial charge is 0.445 e. The first kappa shape index (κ1) is 15.3. The molecule has 0 unspecified atom stereocenters. The van der Waals surface area contributed by atoms with Crippen molar-refractivity contribution in [1.82, 2.24) is 5.32 Å². The van der Waals surface area contributed by atoms with Gasteiger partial charge < -0.3 is 15.2 Å². The summed E-state index contributed by atoms with van der Waals surface area (Å²) < 4.78 is 42.0. The van der Waals surface area contributed by atoms with E-state index in [0.29, 0.717) is 5.56 Å². The fourth-order valence-electron chi connectivity index (χ4n) is 1.37. The van der Waals surface area contributed by atoms with Crippen molar-refractivity contribution in [1.29, 1.82) is 0 Å². The Morgan fingerprint density at radius 1 is 1.37 bits per heavy atom. The first-order chi connectivity index (χ1) is 8.80. The number of halogens is 3. The van der Waals surface area contributed by atoms with Gasteiger partial charge in [-0.15, -0.1) is 0 Å². The van der Waals surface area contributed by atoms with E-state index < -0.39 is 24.4 Å². The molecule has 19 heavy (non-hydrogen) atoms. The number of hydrogen-bond donors (Lipinski definition) is 2. The van der Waals surface area contributed by atoms with E-state index in [1.165, 1.54) is 0 Å². The molecule has 4 nitrogen and oxygen atoms in total. The first-order valence-corrected chi connectivity index (χ1v) is 5.52. The van der Waals surface area contributed by atoms with Gasteiger partial charge in [0, 0.05) is 0 Å². The maximum atomic E-state index is 12.5. The third kappa shape index (κ3) is 5.17. The molecule has 0 bridgehead atoms. The number of aliphatic hydroxyl groups is 1. The van der Waals surface area contributed by atoms with Crippen molar-refractivity contribution in [3.05, 3.63) is 35.9 Å². The number of carbonyl (C=O) groups is 1. The van der Waals surface area contributed by atoms with Crippen LogP contribution in [0.15, 0.2) is 30.3 Å². The molecule has 2 atom stereocenters. The number of rotatable bonds is 4. The van der Waals surface area contributed by atoms with Crippen molar-refractivity contribution in [3.8, 4) is 0 Å². The van der Waals surface area contributed by atoms with Gasteiger partial charge in [0.2, 0.25) is 0 Å². The van der Waals surface area contributed by atoms with Crippen LogP contribution in [0.4, 0.5) is 18.0 Å². The summed E-state index contributed by atoms with van der Waals surface area (Å²) in [6, 6.07) is 6.18. The van der Waals surface area contributed by atoms with Gasteiger partial charge in [-0.05, 0) is 12.5 Å². The molecule has 0 heterocycles. The number of aliphatic hydroxyl groups excluding tert-OH is 1. The highest BCUT2D eigenvalue weighted by molar-refractivity contribution is 5.67. The maximum Gasteiger partial charge on any atom is 0.411 e. The van der Waals surface area contributed by atoms with Gasteiger partial charge in [0.1, 0.15) is 6.61 Å². The van der Waals surface area contributed by atoms with Gasteiger partial charge in [-0.25, -0.2) is 4.79 Å². The van der Waals surface area contributed by atoms with Crippen LogP contribution in [0.1, 0.15) is 12.5 Å². The Bertz CT molecular complexity index is 406. The van der Waals surface area contributed by atoms with Crippen LogP contribution in [0, 0.1) is 0 Å². The molecule has 0 aromatic heterocycles. The molecule has 1 amide bonds. The average Bonchev–Trinajstić information content (AvgIpc) is 2.33. The predicted octanol–water partition coefficient (Wildman–Crippen LogP) is 2.22. The Morgan fingerprint density at radius 3 is 2.42 bits per heavy atom. The monoisotopic (exact) mass is 277 g/mol. The third-order valence-corrected chi connectivity index (χ3v) is 2.32. The average molecular weight is 277 g/mol. The third-order valence-electron chi connectivity index (χ3n) is 2.32. The SMILES string of the molecule is C[C@@H](O)[C@H](NC(=O)OCc1ccccc1)C(F)(F)F. The van der Waals surface area contributed by atoms with Crippen LogP contribution < -0.4 is 5.32 Å². The second-order valence-corrected chi connectivity index (χ2v) is 3.97. The Balaban J connectivity index is 2.50. The standard InChI is InChI=1S/C12H14F3NO3/c1-8(17)10(12(13,14)15)16-11(18)19-7-9-5-3-2-4-6-9/h2-6,8,10,17H,7H2,1H3,(H,16,18)/t8-,10+/m1/s1. The molecule has 106 valence electrons. The number of benzene rings is 1. The number of ether oxygens (including phenoxy) is 1. The zero-order valence-corrected chi connectivity index (χ0v) is 10.1. The normalized spacial score (nSPS) is 14.6. The van der Waals surface area contributed by atoms with E-state index in [1.807, 2.05) is 0 Å². The molecule has 0 fully saturated rings. The van der Waals surface area contributed by atoms with E-state index in [9.17, 15) is 18.0 Å². The van der Waals surface area contributed by atoms with E-state index in [2.05, 4.69) is 4.74 Å². The van der Waals surface area contributed by atoms with Crippen LogP contribution in [-0.4, -0.2) is 29.5 Å². The number of alkyl carbamates (subject to hydrolysis) is 1. The Morgan fingerprint density at radius 2 is 1.95 bits per heavy atom. The van der Waals surface area contributed by atoms with E-state index in [4.69, 9.17) is 5.11 Å². The summed E-state index contributed by atoms with van der Waals surface area (Å²) in [4.78, 5) is 11.2. The van der Waals surface area contributed by atoms with Crippen LogP contribution in [0.2, 0.25) is 0 Å². The minimum atomic E-state index is -4.74. The Hall–Kier alpha value is -1.76. The first-order valence-electron chi connectivity index (χ1n) is 5.52. The van der Waals surface area contributed by atoms with Crippen LogP contribution in [0.5, 0.6) is 0 Å². The summed E-state index contributed by atoms with van der Waals surface area (Å²) in [5.41, 5.74) is 0.651. The highest BCUT2D eigenvalue weighted by Crippen LogP contribution is 2.22. The lowest BCUT2D eigenvalue weighted by molar-refractivity contribution is -0.173. The van der Waals surface area contributed by atoms with Crippen LogP contribution in [0.3, 0.4) is 0 Å². The van der Waals surface area contributed by atoms with E-state index in [1.54, 1.807) is 35.6 Å². The van der Waals surface area contributed by atoms with Gasteiger partial charge in [0.15, 0.2) is 6.04 Å². The molecule has 0 aliphatic carbocycles. The van der Waals surface area contributed by atoms with Gasteiger partial charge >= 0.3 is 12.3 Å². The number of nitrogens with one attached hydrogen (secondary N) is 1. The van der Waals surface area contributed by atoms with Gasteiger partial charge in [0.25, 0.3) is 0 Å². The molecule has 0 spiro atoms. The van der Waals surface area contributed by atoms with E-state index in [0.717, 1.165) is 6.92 Å². The highest BCUT2D eigenvalue weighted by atomic mass is 19.4. The molecular formula is C12H14F3NO3. The van der Waals surface area contributed by atoms with Crippen molar-refractivity contribution in [2.24, 2.45) is 0 Å². The molecule has 2 N–H and O–H groups in total. The molecule has 0 aliphatic rings. The fraction of sp³-hybridized carbons (Fsp3) is 0.417. The van der Waals surface area contributed by atoms with Crippen LogP contribution in [0.25, 0.3) is 0 Å². The van der Waals surface area contributed by atoms with Crippen molar-refractivity contribution >= 4 is 6.09 Å². The highest BCUT2D eigenvalue weighted by Gasteiger charge is 2.44. The quantitative estimate of drug-likeness (QED) is 0.887. The van der Waals surface area contributed by atoms with Gasteiger partial charge in [0.05, 0.1) is 6.10 Å². The van der Waals surface area contributed by atoms with Crippen molar-refractivity contribution < 1.29 is 27.8 Å². The zero-order valence-electron chi connectivity index (χ0n) is 10.1. The summed E-state index contributed by atoms with van der Waals surface area (Å²) >= 11 is 0. The lowest BCUT2D eigenvalue weighted by Gasteiger charge is -2.23. The fourth-order valence-corrected chi connectivity index (χ4v) is 1.37. The summed E-state index contributed by atoms with van der Waals surface area (Å²) in [6.07, 6.45) is -7.73. The summed E-state index contributed by atoms with van der Waals surface area (Å²) in [5, 5.41) is 10.6. The molecule has 7 heteroatoms. The predicted molar refractivity (Wildman–Crippen MR) is 61.3 cm³/mol. The van der Waals surface area contributed by atoms with Crippen molar-refractivity contribution in [2.45, 2.75) is 31.9 Å². The minimum Gasteiger partial charge on any atom is -0.445 e. The molecular weight excluding hydrogens is 263 g/mol. The topological polar surface area (TPSA) is 58.6 Å². The number of alkyl halides is 3. The molecule has 0 saturated heterocycles. The van der Waals surface area contributed by atoms with Crippen molar-refractivity contribution in [3.63, 3.8) is 0 Å². The van der Waals surface area contributed by atoms with E-state index in [-0.39, 0.29) is 6.61 Å². The molecule has 1 rings (SSSR count). The number of carbonyl (C=O) groups excluding carboxylic acids is 1. The zero-order chi connectivity index (χ0) is 14.5. The lowest BCUT2D eigenvalue weighted by atomic mass is 10.2. The van der Waals surface area contributed by atoms with Crippen molar-refractivity contribution in [2.75, 3.05) is 0 Å².